The van der Waals surface area contributed by atoms with Crippen LogP contribution in [0.15, 0.2) is 6.07 Å². The molecule has 1 heterocycles. The van der Waals surface area contributed by atoms with Crippen molar-refractivity contribution in [2.75, 3.05) is 18.5 Å². The fourth-order valence-electron chi connectivity index (χ4n) is 3.16. The topological polar surface area (TPSA) is 75.0 Å². The van der Waals surface area contributed by atoms with Gasteiger partial charge in [0.1, 0.15) is 6.07 Å². The van der Waals surface area contributed by atoms with Crippen LogP contribution in [-0.2, 0) is 9.53 Å². The van der Waals surface area contributed by atoms with Gasteiger partial charge in [0.25, 0.3) is 0 Å². The average molecular weight is 301 g/mol. The molecule has 0 bridgehead atoms. The van der Waals surface area contributed by atoms with Gasteiger partial charge >= 0.3 is 5.97 Å². The lowest BCUT2D eigenvalue weighted by Crippen LogP contribution is -2.37. The van der Waals surface area contributed by atoms with Crippen molar-refractivity contribution in [2.45, 2.75) is 46.5 Å². The van der Waals surface area contributed by atoms with Gasteiger partial charge in [-0.15, -0.1) is 0 Å². The highest BCUT2D eigenvalue weighted by Crippen LogP contribution is 2.39. The lowest BCUT2D eigenvalue weighted by Gasteiger charge is -2.27. The second kappa shape index (κ2) is 6.78. The third kappa shape index (κ3) is 3.22. The summed E-state index contributed by atoms with van der Waals surface area (Å²) in [7, 11) is 0. The monoisotopic (exact) mass is 301 g/mol. The predicted molar refractivity (Wildman–Crippen MR) is 84.4 cm³/mol. The third-order valence-corrected chi connectivity index (χ3v) is 4.33. The molecule has 1 N–H and O–H groups in total. The minimum absolute atomic E-state index is 0.124. The molecule has 2 rings (SSSR count). The Hall–Kier alpha value is -2.09. The molecule has 0 unspecified atom stereocenters. The first-order valence-corrected chi connectivity index (χ1v) is 7.82. The molecule has 0 spiro atoms. The molecule has 1 fully saturated rings. The van der Waals surface area contributed by atoms with Gasteiger partial charge in [-0.1, -0.05) is 12.8 Å². The average Bonchev–Trinajstić information content (AvgIpc) is 2.95. The van der Waals surface area contributed by atoms with E-state index in [-0.39, 0.29) is 5.97 Å². The van der Waals surface area contributed by atoms with Crippen molar-refractivity contribution in [1.29, 1.82) is 5.26 Å². The lowest BCUT2D eigenvalue weighted by molar-refractivity contribution is -0.154. The maximum atomic E-state index is 12.3. The highest BCUT2D eigenvalue weighted by atomic mass is 16.5. The van der Waals surface area contributed by atoms with E-state index < -0.39 is 5.41 Å². The van der Waals surface area contributed by atoms with Gasteiger partial charge < -0.3 is 10.1 Å². The molecule has 1 aromatic heterocycles. The van der Waals surface area contributed by atoms with Crippen LogP contribution < -0.4 is 5.32 Å². The number of pyridine rings is 1. The van der Waals surface area contributed by atoms with Crippen LogP contribution in [0.1, 0.15) is 49.6 Å². The van der Waals surface area contributed by atoms with Crippen molar-refractivity contribution in [3.8, 4) is 6.07 Å². The van der Waals surface area contributed by atoms with E-state index in [0.717, 1.165) is 37.1 Å². The molecule has 1 saturated carbocycles. The molecule has 5 nitrogen and oxygen atoms in total. The number of carbonyl (C=O) groups is 1. The van der Waals surface area contributed by atoms with Crippen LogP contribution in [0.3, 0.4) is 0 Å². The SMILES string of the molecule is CCOC(=O)C1(CNc2cc(C)nc(C)c2C#N)CCCC1. The van der Waals surface area contributed by atoms with E-state index in [4.69, 9.17) is 4.74 Å². The van der Waals surface area contributed by atoms with Gasteiger partial charge in [-0.3, -0.25) is 9.78 Å². The van der Waals surface area contributed by atoms with E-state index in [1.54, 1.807) is 0 Å². The Morgan fingerprint density at radius 3 is 2.73 bits per heavy atom. The minimum Gasteiger partial charge on any atom is -0.466 e. The quantitative estimate of drug-likeness (QED) is 0.846. The van der Waals surface area contributed by atoms with Crippen LogP contribution in [0.25, 0.3) is 0 Å². The Bertz CT molecular complexity index is 599. The van der Waals surface area contributed by atoms with Crippen LogP contribution in [0.4, 0.5) is 5.69 Å². The van der Waals surface area contributed by atoms with Crippen LogP contribution in [-0.4, -0.2) is 24.1 Å². The first-order chi connectivity index (χ1) is 10.5. The van der Waals surface area contributed by atoms with E-state index in [0.29, 0.717) is 24.4 Å². The van der Waals surface area contributed by atoms with Gasteiger partial charge in [-0.25, -0.2) is 0 Å². The molecule has 0 atom stereocenters. The van der Waals surface area contributed by atoms with Crippen molar-refractivity contribution in [2.24, 2.45) is 5.41 Å². The van der Waals surface area contributed by atoms with Gasteiger partial charge in [-0.2, -0.15) is 5.26 Å². The largest absolute Gasteiger partial charge is 0.466 e. The highest BCUT2D eigenvalue weighted by Gasteiger charge is 2.42. The summed E-state index contributed by atoms with van der Waals surface area (Å²) in [6, 6.07) is 4.05. The Kier molecular flexibility index (Phi) is 5.02. The number of rotatable bonds is 5. The van der Waals surface area contributed by atoms with Crippen molar-refractivity contribution in [3.63, 3.8) is 0 Å². The summed E-state index contributed by atoms with van der Waals surface area (Å²) >= 11 is 0. The summed E-state index contributed by atoms with van der Waals surface area (Å²) < 4.78 is 5.27. The van der Waals surface area contributed by atoms with Gasteiger partial charge in [0.15, 0.2) is 0 Å². The number of ether oxygens (including phenoxy) is 1. The van der Waals surface area contributed by atoms with Crippen molar-refractivity contribution >= 4 is 11.7 Å². The van der Waals surface area contributed by atoms with Crippen LogP contribution in [0.2, 0.25) is 0 Å². The first-order valence-electron chi connectivity index (χ1n) is 7.82. The first kappa shape index (κ1) is 16.3. The Morgan fingerprint density at radius 2 is 2.14 bits per heavy atom. The number of nitriles is 1. The van der Waals surface area contributed by atoms with E-state index in [2.05, 4.69) is 16.4 Å². The van der Waals surface area contributed by atoms with Crippen molar-refractivity contribution in [1.82, 2.24) is 4.98 Å². The van der Waals surface area contributed by atoms with Gasteiger partial charge in [0.2, 0.25) is 0 Å². The van der Waals surface area contributed by atoms with Crippen LogP contribution in [0, 0.1) is 30.6 Å². The molecule has 0 radical (unpaired) electrons. The summed E-state index contributed by atoms with van der Waals surface area (Å²) in [4.78, 5) is 16.6. The number of aromatic nitrogens is 1. The Morgan fingerprint density at radius 1 is 1.45 bits per heavy atom. The summed E-state index contributed by atoms with van der Waals surface area (Å²) in [5.74, 6) is -0.124. The molecule has 118 valence electrons. The normalized spacial score (nSPS) is 16.1. The number of nitrogens with zero attached hydrogens (tertiary/aromatic N) is 2. The molecule has 0 aromatic carbocycles. The molecular weight excluding hydrogens is 278 g/mol. The maximum absolute atomic E-state index is 12.3. The van der Waals surface area contributed by atoms with Crippen LogP contribution >= 0.6 is 0 Å². The molecule has 0 amide bonds. The number of esters is 1. The van der Waals surface area contributed by atoms with Gasteiger partial charge in [-0.05, 0) is 39.7 Å². The lowest BCUT2D eigenvalue weighted by atomic mass is 9.86. The second-order valence-electron chi connectivity index (χ2n) is 5.94. The third-order valence-electron chi connectivity index (χ3n) is 4.33. The molecule has 1 aliphatic rings. The van der Waals surface area contributed by atoms with Crippen molar-refractivity contribution in [3.05, 3.63) is 23.0 Å². The maximum Gasteiger partial charge on any atom is 0.313 e. The van der Waals surface area contributed by atoms with Gasteiger partial charge in [0, 0.05) is 12.2 Å². The fourth-order valence-corrected chi connectivity index (χ4v) is 3.16. The zero-order chi connectivity index (χ0) is 16.2. The highest BCUT2D eigenvalue weighted by molar-refractivity contribution is 5.78. The zero-order valence-corrected chi connectivity index (χ0v) is 13.5. The molecule has 5 heteroatoms. The zero-order valence-electron chi connectivity index (χ0n) is 13.5. The summed E-state index contributed by atoms with van der Waals surface area (Å²) in [6.07, 6.45) is 3.76. The van der Waals surface area contributed by atoms with Gasteiger partial charge in [0.05, 0.1) is 29.0 Å². The molecule has 0 saturated heterocycles. The number of aryl methyl sites for hydroxylation is 2. The smallest absolute Gasteiger partial charge is 0.313 e. The van der Waals surface area contributed by atoms with E-state index in [1.807, 2.05) is 26.8 Å². The fraction of sp³-hybridized carbons (Fsp3) is 0.588. The van der Waals surface area contributed by atoms with Crippen molar-refractivity contribution < 1.29 is 9.53 Å². The minimum atomic E-state index is -0.464. The second-order valence-corrected chi connectivity index (χ2v) is 5.94. The Balaban J connectivity index is 2.21. The molecular formula is C17H23N3O2. The number of anilines is 1. The van der Waals surface area contributed by atoms with E-state index in [1.165, 1.54) is 0 Å². The molecule has 22 heavy (non-hydrogen) atoms. The molecule has 0 aliphatic heterocycles. The van der Waals surface area contributed by atoms with E-state index >= 15 is 0 Å². The number of carbonyl (C=O) groups excluding carboxylic acids is 1. The van der Waals surface area contributed by atoms with Crippen LogP contribution in [0.5, 0.6) is 0 Å². The summed E-state index contributed by atoms with van der Waals surface area (Å²) in [5.41, 5.74) is 2.40. The summed E-state index contributed by atoms with van der Waals surface area (Å²) in [6.45, 7) is 6.46. The van der Waals surface area contributed by atoms with E-state index in [9.17, 15) is 10.1 Å². The molecule has 1 aromatic rings. The number of hydrogen-bond acceptors (Lipinski definition) is 5. The Labute approximate surface area is 131 Å². The number of hydrogen-bond donors (Lipinski definition) is 1. The standard InChI is InChI=1S/C17H23N3O2/c1-4-22-16(21)17(7-5-6-8-17)11-19-15-9-12(2)20-13(3)14(15)10-18/h9H,4-8,11H2,1-3H3,(H,19,20). The molecule has 1 aliphatic carbocycles. The summed E-state index contributed by atoms with van der Waals surface area (Å²) in [5, 5.41) is 12.6. The predicted octanol–water partition coefficient (Wildman–Crippen LogP) is 3.11. The number of nitrogens with one attached hydrogen (secondary N) is 1.